The van der Waals surface area contributed by atoms with Gasteiger partial charge in [-0.25, -0.2) is 4.98 Å². The minimum Gasteiger partial charge on any atom is -0.294 e. The highest BCUT2D eigenvalue weighted by Gasteiger charge is 2.33. The first-order valence-electron chi connectivity index (χ1n) is 5.66. The van der Waals surface area contributed by atoms with Gasteiger partial charge in [0.15, 0.2) is 0 Å². The van der Waals surface area contributed by atoms with Crippen molar-refractivity contribution in [1.82, 2.24) is 9.38 Å². The Morgan fingerprint density at radius 3 is 2.32 bits per heavy atom. The van der Waals surface area contributed by atoms with Gasteiger partial charge in [0.2, 0.25) is 0 Å². The molecule has 96 valence electrons. The topological polar surface area (TPSA) is 17.3 Å². The number of hydrogen-bond donors (Lipinski definition) is 0. The summed E-state index contributed by atoms with van der Waals surface area (Å²) in [5, 5.41) is 0. The molecule has 0 saturated carbocycles. The molecule has 0 radical (unpaired) electrons. The van der Waals surface area contributed by atoms with E-state index in [2.05, 4.69) is 4.98 Å². The third kappa shape index (κ3) is 1.97. The molecule has 0 aliphatic carbocycles. The van der Waals surface area contributed by atoms with Crippen LogP contribution in [0, 0.1) is 0 Å². The van der Waals surface area contributed by atoms with Gasteiger partial charge in [-0.15, -0.1) is 0 Å². The van der Waals surface area contributed by atoms with Crippen LogP contribution in [-0.2, 0) is 6.18 Å². The third-order valence-corrected chi connectivity index (χ3v) is 2.91. The Bertz CT molecular complexity index is 714. The lowest BCUT2D eigenvalue weighted by molar-refractivity contribution is -0.142. The van der Waals surface area contributed by atoms with Crippen molar-refractivity contribution in [3.8, 4) is 11.3 Å². The molecule has 2 heterocycles. The van der Waals surface area contributed by atoms with Crippen LogP contribution in [0.3, 0.4) is 0 Å². The number of alkyl halides is 3. The van der Waals surface area contributed by atoms with Gasteiger partial charge in [-0.05, 0) is 12.1 Å². The zero-order valence-electron chi connectivity index (χ0n) is 9.72. The maximum atomic E-state index is 12.9. The van der Waals surface area contributed by atoms with Gasteiger partial charge in [0.25, 0.3) is 0 Å². The van der Waals surface area contributed by atoms with Crippen molar-refractivity contribution in [2.75, 3.05) is 0 Å². The molecule has 0 saturated heterocycles. The Morgan fingerprint density at radius 2 is 1.63 bits per heavy atom. The molecule has 0 atom stereocenters. The fraction of sp³-hybridized carbons (Fsp3) is 0.0714. The Hall–Kier alpha value is -2.30. The van der Waals surface area contributed by atoms with E-state index in [0.29, 0.717) is 11.2 Å². The van der Waals surface area contributed by atoms with Gasteiger partial charge >= 0.3 is 6.18 Å². The lowest BCUT2D eigenvalue weighted by Gasteiger charge is -2.09. The molecular formula is C14H9F3N2. The minimum atomic E-state index is -4.39. The van der Waals surface area contributed by atoms with E-state index in [9.17, 15) is 13.2 Å². The molecule has 0 spiro atoms. The van der Waals surface area contributed by atoms with E-state index in [4.69, 9.17) is 0 Å². The van der Waals surface area contributed by atoms with E-state index in [1.165, 1.54) is 12.4 Å². The van der Waals surface area contributed by atoms with E-state index >= 15 is 0 Å². The monoisotopic (exact) mass is 262 g/mol. The number of hydrogen-bond acceptors (Lipinski definition) is 1. The zero-order chi connectivity index (χ0) is 13.5. The van der Waals surface area contributed by atoms with E-state index in [1.807, 2.05) is 30.3 Å². The number of pyridine rings is 1. The van der Waals surface area contributed by atoms with Crippen LogP contribution in [0.4, 0.5) is 13.2 Å². The van der Waals surface area contributed by atoms with Crippen molar-refractivity contribution in [1.29, 1.82) is 0 Å². The van der Waals surface area contributed by atoms with E-state index in [0.717, 1.165) is 16.0 Å². The van der Waals surface area contributed by atoms with Crippen LogP contribution in [0.25, 0.3) is 16.8 Å². The summed E-state index contributed by atoms with van der Waals surface area (Å²) in [4.78, 5) is 4.10. The predicted octanol–water partition coefficient (Wildman–Crippen LogP) is 4.02. The molecule has 2 aromatic heterocycles. The molecule has 1 aromatic carbocycles. The second kappa shape index (κ2) is 4.12. The molecule has 0 bridgehead atoms. The molecule has 0 amide bonds. The molecule has 0 aliphatic rings. The SMILES string of the molecule is FC(F)(F)c1cccc2c(-c3ccccc3)ncn12. The molecular weight excluding hydrogens is 253 g/mol. The fourth-order valence-electron chi connectivity index (χ4n) is 2.07. The molecule has 0 N–H and O–H groups in total. The summed E-state index contributed by atoms with van der Waals surface area (Å²) in [7, 11) is 0. The highest BCUT2D eigenvalue weighted by Crippen LogP contribution is 2.32. The third-order valence-electron chi connectivity index (χ3n) is 2.91. The maximum absolute atomic E-state index is 12.9. The summed E-state index contributed by atoms with van der Waals surface area (Å²) in [6.07, 6.45) is -3.19. The standard InChI is InChI=1S/C14H9F3N2/c15-14(16,17)12-8-4-7-11-13(18-9-19(11)12)10-5-2-1-3-6-10/h1-9H. The van der Waals surface area contributed by atoms with Crippen LogP contribution < -0.4 is 0 Å². The van der Waals surface area contributed by atoms with Crippen molar-refractivity contribution in [3.05, 3.63) is 60.6 Å². The first kappa shape index (κ1) is 11.8. The first-order chi connectivity index (χ1) is 9.07. The molecule has 0 fully saturated rings. The van der Waals surface area contributed by atoms with Gasteiger partial charge in [0, 0.05) is 5.56 Å². The smallest absolute Gasteiger partial charge is 0.294 e. The van der Waals surface area contributed by atoms with Gasteiger partial charge in [-0.1, -0.05) is 36.4 Å². The predicted molar refractivity (Wildman–Crippen MR) is 65.6 cm³/mol. The molecule has 2 nitrogen and oxygen atoms in total. The second-order valence-corrected chi connectivity index (χ2v) is 4.12. The maximum Gasteiger partial charge on any atom is 0.431 e. The summed E-state index contributed by atoms with van der Waals surface area (Å²) in [5.41, 5.74) is 1.07. The minimum absolute atomic E-state index is 0.445. The van der Waals surface area contributed by atoms with Gasteiger partial charge in [-0.3, -0.25) is 4.40 Å². The van der Waals surface area contributed by atoms with Crippen LogP contribution in [-0.4, -0.2) is 9.38 Å². The van der Waals surface area contributed by atoms with Crippen LogP contribution >= 0.6 is 0 Å². The van der Waals surface area contributed by atoms with Gasteiger partial charge in [0.05, 0.1) is 11.2 Å². The highest BCUT2D eigenvalue weighted by molar-refractivity contribution is 5.77. The average molecular weight is 262 g/mol. The average Bonchev–Trinajstić information content (AvgIpc) is 2.82. The van der Waals surface area contributed by atoms with Crippen molar-refractivity contribution in [2.24, 2.45) is 0 Å². The molecule has 3 aromatic rings. The molecule has 3 rings (SSSR count). The largest absolute Gasteiger partial charge is 0.431 e. The second-order valence-electron chi connectivity index (χ2n) is 4.12. The summed E-state index contributed by atoms with van der Waals surface area (Å²) < 4.78 is 39.7. The summed E-state index contributed by atoms with van der Waals surface area (Å²) in [5.74, 6) is 0. The Morgan fingerprint density at radius 1 is 0.895 bits per heavy atom. The number of aromatic nitrogens is 2. The van der Waals surface area contributed by atoms with Crippen molar-refractivity contribution < 1.29 is 13.2 Å². The summed E-state index contributed by atoms with van der Waals surface area (Å²) in [6.45, 7) is 0. The lowest BCUT2D eigenvalue weighted by Crippen LogP contribution is -2.10. The molecule has 19 heavy (non-hydrogen) atoms. The molecule has 5 heteroatoms. The van der Waals surface area contributed by atoms with Crippen molar-refractivity contribution >= 4 is 5.52 Å². The number of imidazole rings is 1. The van der Waals surface area contributed by atoms with Gasteiger partial charge in [0.1, 0.15) is 12.0 Å². The highest BCUT2D eigenvalue weighted by atomic mass is 19.4. The summed E-state index contributed by atoms with van der Waals surface area (Å²) >= 11 is 0. The Labute approximate surface area is 107 Å². The number of benzene rings is 1. The normalized spacial score (nSPS) is 11.9. The van der Waals surface area contributed by atoms with E-state index in [-0.39, 0.29) is 0 Å². The lowest BCUT2D eigenvalue weighted by atomic mass is 10.1. The zero-order valence-corrected chi connectivity index (χ0v) is 9.72. The quantitative estimate of drug-likeness (QED) is 0.647. The Balaban J connectivity index is 2.26. The fourth-order valence-corrected chi connectivity index (χ4v) is 2.07. The number of fused-ring (bicyclic) bond motifs is 1. The van der Waals surface area contributed by atoms with Crippen molar-refractivity contribution in [3.63, 3.8) is 0 Å². The molecule has 0 unspecified atom stereocenters. The van der Waals surface area contributed by atoms with E-state index < -0.39 is 11.9 Å². The number of rotatable bonds is 1. The van der Waals surface area contributed by atoms with Gasteiger partial charge in [-0.2, -0.15) is 13.2 Å². The first-order valence-corrected chi connectivity index (χ1v) is 5.66. The van der Waals surface area contributed by atoms with Crippen LogP contribution in [0.5, 0.6) is 0 Å². The van der Waals surface area contributed by atoms with Crippen LogP contribution in [0.1, 0.15) is 5.69 Å². The number of nitrogens with zero attached hydrogens (tertiary/aromatic N) is 2. The van der Waals surface area contributed by atoms with Crippen LogP contribution in [0.15, 0.2) is 54.9 Å². The summed E-state index contributed by atoms with van der Waals surface area (Å²) in [6, 6.07) is 13.2. The van der Waals surface area contributed by atoms with Gasteiger partial charge < -0.3 is 0 Å². The van der Waals surface area contributed by atoms with Crippen LogP contribution in [0.2, 0.25) is 0 Å². The Kier molecular flexibility index (Phi) is 2.55. The number of halogens is 3. The molecule has 0 aliphatic heterocycles. The van der Waals surface area contributed by atoms with E-state index in [1.54, 1.807) is 6.07 Å². The van der Waals surface area contributed by atoms with Crippen molar-refractivity contribution in [2.45, 2.75) is 6.18 Å².